The SMILES string of the molecule is CC1(C)c2ccccc2-c2ccc(-c3cn4c(-c5ccc6cccnc6c5)cnc4c(-c4ccc5c(c4)C(C)(C)c4ccccc4-5)n3)cc21. The van der Waals surface area contributed by atoms with E-state index in [9.17, 15) is 0 Å². The highest BCUT2D eigenvalue weighted by Crippen LogP contribution is 2.51. The van der Waals surface area contributed by atoms with E-state index in [1.165, 1.54) is 44.5 Å². The maximum absolute atomic E-state index is 5.45. The quantitative estimate of drug-likeness (QED) is 0.195. The summed E-state index contributed by atoms with van der Waals surface area (Å²) in [6.07, 6.45) is 5.99. The molecule has 0 saturated carbocycles. The van der Waals surface area contributed by atoms with Gasteiger partial charge in [-0.05, 0) is 68.8 Å². The Hall–Kier alpha value is -5.87. The molecule has 0 radical (unpaired) electrons. The molecule has 0 aliphatic heterocycles. The van der Waals surface area contributed by atoms with Gasteiger partial charge >= 0.3 is 0 Å². The lowest BCUT2D eigenvalue weighted by molar-refractivity contribution is 0.660. The molecule has 10 rings (SSSR count). The number of pyridine rings is 1. The van der Waals surface area contributed by atoms with Crippen LogP contribution in [0.4, 0.5) is 0 Å². The normalized spacial score (nSPS) is 14.9. The number of fused-ring (bicyclic) bond motifs is 8. The van der Waals surface area contributed by atoms with Gasteiger partial charge in [-0.25, -0.2) is 9.97 Å². The third-order valence-electron chi connectivity index (χ3n) is 11.1. The monoisotopic (exact) mass is 630 g/mol. The van der Waals surface area contributed by atoms with Crippen LogP contribution in [0.15, 0.2) is 134 Å². The Morgan fingerprint density at radius 3 is 1.86 bits per heavy atom. The van der Waals surface area contributed by atoms with Gasteiger partial charge < -0.3 is 0 Å². The minimum atomic E-state index is -0.116. The van der Waals surface area contributed by atoms with Crippen LogP contribution >= 0.6 is 0 Å². The molecule has 8 aromatic rings. The van der Waals surface area contributed by atoms with Gasteiger partial charge in [0, 0.05) is 45.3 Å². The van der Waals surface area contributed by atoms with Gasteiger partial charge in [0.1, 0.15) is 5.69 Å². The predicted octanol–water partition coefficient (Wildman–Crippen LogP) is 10.9. The van der Waals surface area contributed by atoms with Gasteiger partial charge in [0.15, 0.2) is 5.65 Å². The summed E-state index contributed by atoms with van der Waals surface area (Å²) in [5.41, 5.74) is 18.2. The molecule has 2 aliphatic rings. The summed E-state index contributed by atoms with van der Waals surface area (Å²) < 4.78 is 2.22. The molecule has 234 valence electrons. The minimum absolute atomic E-state index is 0.103. The maximum atomic E-state index is 5.45. The number of rotatable bonds is 3. The Morgan fingerprint density at radius 2 is 1.14 bits per heavy atom. The Balaban J connectivity index is 1.20. The lowest BCUT2D eigenvalue weighted by atomic mass is 9.82. The fourth-order valence-corrected chi connectivity index (χ4v) is 8.48. The highest BCUT2D eigenvalue weighted by molar-refractivity contribution is 5.89. The Labute approximate surface area is 285 Å². The molecule has 0 bridgehead atoms. The van der Waals surface area contributed by atoms with E-state index in [4.69, 9.17) is 9.97 Å². The Kier molecular flexibility index (Phi) is 5.65. The van der Waals surface area contributed by atoms with E-state index in [2.05, 4.69) is 152 Å². The van der Waals surface area contributed by atoms with Crippen LogP contribution in [0.25, 0.3) is 72.6 Å². The van der Waals surface area contributed by atoms with Crippen molar-refractivity contribution in [3.63, 3.8) is 0 Å². The number of nitrogens with zero attached hydrogens (tertiary/aromatic N) is 4. The smallest absolute Gasteiger partial charge is 0.164 e. The van der Waals surface area contributed by atoms with E-state index in [-0.39, 0.29) is 10.8 Å². The third kappa shape index (κ3) is 3.95. The highest BCUT2D eigenvalue weighted by Gasteiger charge is 2.37. The molecular formula is C45H34N4. The first-order valence-corrected chi connectivity index (χ1v) is 17.0. The van der Waals surface area contributed by atoms with E-state index >= 15 is 0 Å². The van der Waals surface area contributed by atoms with E-state index in [0.717, 1.165) is 50.3 Å². The van der Waals surface area contributed by atoms with Gasteiger partial charge in [-0.15, -0.1) is 0 Å². The van der Waals surface area contributed by atoms with Crippen LogP contribution < -0.4 is 0 Å². The molecular weight excluding hydrogens is 597 g/mol. The van der Waals surface area contributed by atoms with Crippen molar-refractivity contribution in [1.82, 2.24) is 19.4 Å². The number of imidazole rings is 1. The molecule has 49 heavy (non-hydrogen) atoms. The van der Waals surface area contributed by atoms with Crippen molar-refractivity contribution >= 4 is 16.6 Å². The van der Waals surface area contributed by atoms with E-state index < -0.39 is 0 Å². The first-order valence-electron chi connectivity index (χ1n) is 17.0. The Morgan fingerprint density at radius 1 is 0.531 bits per heavy atom. The van der Waals surface area contributed by atoms with Crippen molar-refractivity contribution in [3.8, 4) is 56.0 Å². The fourth-order valence-electron chi connectivity index (χ4n) is 8.48. The van der Waals surface area contributed by atoms with Crippen molar-refractivity contribution in [1.29, 1.82) is 0 Å². The molecule has 0 atom stereocenters. The molecule has 3 aromatic heterocycles. The zero-order valence-electron chi connectivity index (χ0n) is 28.0. The summed E-state index contributed by atoms with van der Waals surface area (Å²) in [5, 5.41) is 1.12. The summed E-state index contributed by atoms with van der Waals surface area (Å²) >= 11 is 0. The minimum Gasteiger partial charge on any atom is -0.296 e. The van der Waals surface area contributed by atoms with Crippen molar-refractivity contribution in [2.45, 2.75) is 38.5 Å². The molecule has 5 aromatic carbocycles. The zero-order chi connectivity index (χ0) is 33.1. The number of aromatic nitrogens is 4. The molecule has 0 amide bonds. The number of benzene rings is 5. The van der Waals surface area contributed by atoms with E-state index in [0.29, 0.717) is 0 Å². The van der Waals surface area contributed by atoms with Crippen molar-refractivity contribution in [2.75, 3.05) is 0 Å². The van der Waals surface area contributed by atoms with Crippen LogP contribution in [0.1, 0.15) is 49.9 Å². The average molecular weight is 631 g/mol. The number of hydrogen-bond donors (Lipinski definition) is 0. The fraction of sp³-hybridized carbons (Fsp3) is 0.133. The molecule has 4 nitrogen and oxygen atoms in total. The molecule has 0 spiro atoms. The molecule has 0 saturated heterocycles. The molecule has 4 heteroatoms. The van der Waals surface area contributed by atoms with Gasteiger partial charge in [0.2, 0.25) is 0 Å². The average Bonchev–Trinajstić information content (AvgIpc) is 3.74. The molecule has 0 fully saturated rings. The van der Waals surface area contributed by atoms with E-state index in [1.54, 1.807) is 0 Å². The van der Waals surface area contributed by atoms with Crippen LogP contribution in [0, 0.1) is 0 Å². The summed E-state index contributed by atoms with van der Waals surface area (Å²) in [6, 6.07) is 41.8. The van der Waals surface area contributed by atoms with Crippen molar-refractivity contribution in [3.05, 3.63) is 156 Å². The standard InChI is InChI=1S/C45H34N4/c1-44(2)35-13-7-5-11-31(35)33-19-17-28(22-37(33)44)40-26-49-41(29-16-15-27-10-9-21-46-39(27)24-29)25-47-43(49)42(48-40)30-18-20-34-32-12-6-8-14-36(32)45(3,4)38(34)23-30/h5-26H,1-4H3. The van der Waals surface area contributed by atoms with Crippen molar-refractivity contribution in [2.24, 2.45) is 0 Å². The van der Waals surface area contributed by atoms with Gasteiger partial charge in [0.25, 0.3) is 0 Å². The lowest BCUT2D eigenvalue weighted by Crippen LogP contribution is -2.15. The van der Waals surface area contributed by atoms with Crippen LogP contribution in [0.3, 0.4) is 0 Å². The predicted molar refractivity (Wildman–Crippen MR) is 200 cm³/mol. The summed E-state index contributed by atoms with van der Waals surface area (Å²) in [6.45, 7) is 9.31. The van der Waals surface area contributed by atoms with Gasteiger partial charge in [-0.2, -0.15) is 0 Å². The van der Waals surface area contributed by atoms with Gasteiger partial charge in [-0.3, -0.25) is 9.38 Å². The largest absolute Gasteiger partial charge is 0.296 e. The summed E-state index contributed by atoms with van der Waals surface area (Å²) in [7, 11) is 0. The Bertz CT molecular complexity index is 2670. The van der Waals surface area contributed by atoms with Crippen LogP contribution in [-0.4, -0.2) is 19.4 Å². The van der Waals surface area contributed by atoms with Crippen LogP contribution in [0.5, 0.6) is 0 Å². The van der Waals surface area contributed by atoms with Gasteiger partial charge in [-0.1, -0.05) is 119 Å². The zero-order valence-corrected chi connectivity index (χ0v) is 28.0. The number of hydrogen-bond acceptors (Lipinski definition) is 3. The second-order valence-corrected chi connectivity index (χ2v) is 14.6. The second-order valence-electron chi connectivity index (χ2n) is 14.6. The van der Waals surface area contributed by atoms with Crippen LogP contribution in [-0.2, 0) is 10.8 Å². The first-order chi connectivity index (χ1) is 23.8. The van der Waals surface area contributed by atoms with Crippen molar-refractivity contribution < 1.29 is 0 Å². The highest BCUT2D eigenvalue weighted by atomic mass is 15.0. The molecule has 0 unspecified atom stereocenters. The summed E-state index contributed by atoms with van der Waals surface area (Å²) in [4.78, 5) is 15.1. The maximum Gasteiger partial charge on any atom is 0.164 e. The molecule has 2 aliphatic carbocycles. The summed E-state index contributed by atoms with van der Waals surface area (Å²) in [5.74, 6) is 0. The molecule has 0 N–H and O–H groups in total. The lowest BCUT2D eigenvalue weighted by Gasteiger charge is -2.22. The molecule has 3 heterocycles. The topological polar surface area (TPSA) is 43.1 Å². The second kappa shape index (κ2) is 9.83. The first kappa shape index (κ1) is 28.2. The third-order valence-corrected chi connectivity index (χ3v) is 11.1. The van der Waals surface area contributed by atoms with E-state index in [1.807, 2.05) is 18.5 Å². The van der Waals surface area contributed by atoms with Gasteiger partial charge in [0.05, 0.1) is 23.1 Å². The van der Waals surface area contributed by atoms with Crippen LogP contribution in [0.2, 0.25) is 0 Å².